The zero-order chi connectivity index (χ0) is 18.0. The van der Waals surface area contributed by atoms with Crippen LogP contribution >= 0.6 is 11.3 Å². The number of hydrogen-bond donors (Lipinski definition) is 2. The van der Waals surface area contributed by atoms with E-state index in [1.165, 1.54) is 11.3 Å². The molecule has 0 saturated carbocycles. The maximum Gasteiger partial charge on any atom is 0.325 e. The molecule has 2 aromatic rings. The van der Waals surface area contributed by atoms with E-state index < -0.39 is 23.4 Å². The summed E-state index contributed by atoms with van der Waals surface area (Å²) in [5.41, 5.74) is -0.0612. The molecule has 0 spiro atoms. The highest BCUT2D eigenvalue weighted by Gasteiger charge is 2.47. The lowest BCUT2D eigenvalue weighted by Crippen LogP contribution is -2.44. The summed E-state index contributed by atoms with van der Waals surface area (Å²) in [6.45, 7) is 3.08. The predicted molar refractivity (Wildman–Crippen MR) is 92.9 cm³/mol. The molecular weight excluding hydrogens is 342 g/mol. The molecule has 2 heterocycles. The van der Waals surface area contributed by atoms with Crippen LogP contribution in [0.15, 0.2) is 30.3 Å². The van der Waals surface area contributed by atoms with Gasteiger partial charge in [-0.3, -0.25) is 19.8 Å². The molecule has 1 aromatic heterocycles. The van der Waals surface area contributed by atoms with Crippen LogP contribution in [0.4, 0.5) is 9.93 Å². The number of nitrogens with zero attached hydrogens (tertiary/aromatic N) is 3. The second kappa shape index (κ2) is 6.60. The molecule has 130 valence electrons. The van der Waals surface area contributed by atoms with E-state index >= 15 is 0 Å². The fourth-order valence-corrected chi connectivity index (χ4v) is 3.17. The van der Waals surface area contributed by atoms with Crippen LogP contribution in [-0.2, 0) is 9.59 Å². The Hall–Kier alpha value is -2.81. The zero-order valence-electron chi connectivity index (χ0n) is 13.8. The highest BCUT2D eigenvalue weighted by atomic mass is 32.1. The molecule has 8 nitrogen and oxygen atoms in total. The molecule has 1 aromatic carbocycles. The SMILES string of the molecule is CC[C@@]1(C)NC(=O)N(CC(=O)Nc2nnc(-c3ccccc3)s2)C1=O. The Bertz CT molecular complexity index is 822. The Kier molecular flexibility index (Phi) is 4.49. The molecule has 2 N–H and O–H groups in total. The third kappa shape index (κ3) is 3.36. The summed E-state index contributed by atoms with van der Waals surface area (Å²) in [6.07, 6.45) is 0.451. The number of urea groups is 1. The van der Waals surface area contributed by atoms with Gasteiger partial charge in [0.2, 0.25) is 11.0 Å². The molecule has 25 heavy (non-hydrogen) atoms. The van der Waals surface area contributed by atoms with Crippen molar-refractivity contribution in [3.8, 4) is 10.6 Å². The van der Waals surface area contributed by atoms with E-state index in [-0.39, 0.29) is 6.54 Å². The van der Waals surface area contributed by atoms with Crippen LogP contribution in [0.5, 0.6) is 0 Å². The van der Waals surface area contributed by atoms with Crippen LogP contribution < -0.4 is 10.6 Å². The van der Waals surface area contributed by atoms with Crippen molar-refractivity contribution < 1.29 is 14.4 Å². The van der Waals surface area contributed by atoms with Crippen LogP contribution in [0.1, 0.15) is 20.3 Å². The first kappa shape index (κ1) is 17.0. The molecule has 0 aliphatic carbocycles. The molecule has 1 atom stereocenters. The molecule has 3 rings (SSSR count). The number of benzene rings is 1. The van der Waals surface area contributed by atoms with Gasteiger partial charge >= 0.3 is 6.03 Å². The summed E-state index contributed by atoms with van der Waals surface area (Å²) >= 11 is 1.22. The van der Waals surface area contributed by atoms with E-state index in [1.807, 2.05) is 30.3 Å². The largest absolute Gasteiger partial charge is 0.325 e. The van der Waals surface area contributed by atoms with Gasteiger partial charge in [-0.15, -0.1) is 10.2 Å². The quantitative estimate of drug-likeness (QED) is 0.793. The number of carbonyl (C=O) groups is 3. The molecular formula is C16H17N5O3S. The molecule has 1 saturated heterocycles. The van der Waals surface area contributed by atoms with Gasteiger partial charge in [-0.05, 0) is 13.3 Å². The van der Waals surface area contributed by atoms with Gasteiger partial charge in [0, 0.05) is 5.56 Å². The molecule has 1 aliphatic rings. The summed E-state index contributed by atoms with van der Waals surface area (Å²) in [4.78, 5) is 37.3. The van der Waals surface area contributed by atoms with Gasteiger partial charge in [-0.25, -0.2) is 4.79 Å². The first-order valence-corrected chi connectivity index (χ1v) is 8.57. The lowest BCUT2D eigenvalue weighted by atomic mass is 9.99. The maximum absolute atomic E-state index is 12.3. The fourth-order valence-electron chi connectivity index (χ4n) is 2.40. The van der Waals surface area contributed by atoms with E-state index in [1.54, 1.807) is 13.8 Å². The number of imide groups is 1. The summed E-state index contributed by atoms with van der Waals surface area (Å²) in [7, 11) is 0. The standard InChI is InChI=1S/C16H17N5O3S/c1-3-16(2)13(23)21(15(24)18-16)9-11(22)17-14-20-19-12(25-14)10-7-5-4-6-8-10/h4-8H,3,9H2,1-2H3,(H,18,24)(H,17,20,22)/t16-/m1/s1. The number of aromatic nitrogens is 2. The summed E-state index contributed by atoms with van der Waals surface area (Å²) in [5, 5.41) is 14.1. The minimum Gasteiger partial charge on any atom is -0.323 e. The molecule has 0 bridgehead atoms. The molecule has 4 amide bonds. The van der Waals surface area contributed by atoms with E-state index in [4.69, 9.17) is 0 Å². The van der Waals surface area contributed by atoms with Crippen molar-refractivity contribution in [1.82, 2.24) is 20.4 Å². The average Bonchev–Trinajstić information content (AvgIpc) is 3.15. The Morgan fingerprint density at radius 3 is 2.64 bits per heavy atom. The van der Waals surface area contributed by atoms with Crippen LogP contribution in [0, 0.1) is 0 Å². The smallest absolute Gasteiger partial charge is 0.323 e. The average molecular weight is 359 g/mol. The first-order valence-electron chi connectivity index (χ1n) is 7.76. The number of amides is 4. The van der Waals surface area contributed by atoms with Crippen molar-refractivity contribution in [3.63, 3.8) is 0 Å². The summed E-state index contributed by atoms with van der Waals surface area (Å²) in [5.74, 6) is -0.906. The number of carbonyl (C=O) groups excluding carboxylic acids is 3. The Morgan fingerprint density at radius 1 is 1.28 bits per heavy atom. The van der Waals surface area contributed by atoms with Crippen LogP contribution in [-0.4, -0.2) is 45.0 Å². The second-order valence-electron chi connectivity index (χ2n) is 5.83. The Morgan fingerprint density at radius 2 is 2.00 bits per heavy atom. The van der Waals surface area contributed by atoms with Gasteiger partial charge < -0.3 is 5.32 Å². The monoisotopic (exact) mass is 359 g/mol. The summed E-state index contributed by atoms with van der Waals surface area (Å²) in [6, 6.07) is 8.90. The van der Waals surface area contributed by atoms with Gasteiger partial charge in [0.05, 0.1) is 0 Å². The van der Waals surface area contributed by atoms with Crippen molar-refractivity contribution in [2.45, 2.75) is 25.8 Å². The fraction of sp³-hybridized carbons (Fsp3) is 0.312. The van der Waals surface area contributed by atoms with Crippen LogP contribution in [0.3, 0.4) is 0 Å². The topological polar surface area (TPSA) is 104 Å². The van der Waals surface area contributed by atoms with Gasteiger partial charge in [0.25, 0.3) is 5.91 Å². The molecule has 1 fully saturated rings. The van der Waals surface area contributed by atoms with Crippen molar-refractivity contribution in [2.24, 2.45) is 0 Å². The van der Waals surface area contributed by atoms with Gasteiger partial charge in [-0.1, -0.05) is 48.6 Å². The van der Waals surface area contributed by atoms with Gasteiger partial charge in [0.1, 0.15) is 17.1 Å². The van der Waals surface area contributed by atoms with E-state index in [9.17, 15) is 14.4 Å². The normalized spacial score (nSPS) is 19.8. The second-order valence-corrected chi connectivity index (χ2v) is 6.81. The number of nitrogens with one attached hydrogen (secondary N) is 2. The van der Waals surface area contributed by atoms with E-state index in [0.717, 1.165) is 10.5 Å². The van der Waals surface area contributed by atoms with E-state index in [2.05, 4.69) is 20.8 Å². The van der Waals surface area contributed by atoms with Crippen molar-refractivity contribution in [2.75, 3.05) is 11.9 Å². The number of hydrogen-bond acceptors (Lipinski definition) is 6. The third-order valence-corrected chi connectivity index (χ3v) is 4.93. The van der Waals surface area contributed by atoms with E-state index in [0.29, 0.717) is 16.6 Å². The molecule has 1 aliphatic heterocycles. The number of anilines is 1. The molecule has 0 radical (unpaired) electrons. The summed E-state index contributed by atoms with van der Waals surface area (Å²) < 4.78 is 0. The maximum atomic E-state index is 12.3. The van der Waals surface area contributed by atoms with Gasteiger partial charge in [-0.2, -0.15) is 0 Å². The minimum absolute atomic E-state index is 0.314. The zero-order valence-corrected chi connectivity index (χ0v) is 14.6. The lowest BCUT2D eigenvalue weighted by molar-refractivity contribution is -0.133. The Balaban J connectivity index is 1.65. The highest BCUT2D eigenvalue weighted by Crippen LogP contribution is 2.26. The minimum atomic E-state index is -0.958. The first-order chi connectivity index (χ1) is 11.9. The third-order valence-electron chi connectivity index (χ3n) is 4.05. The van der Waals surface area contributed by atoms with Gasteiger partial charge in [0.15, 0.2) is 0 Å². The van der Waals surface area contributed by atoms with Crippen molar-refractivity contribution in [3.05, 3.63) is 30.3 Å². The molecule has 9 heteroatoms. The van der Waals surface area contributed by atoms with Crippen LogP contribution in [0.25, 0.3) is 10.6 Å². The number of rotatable bonds is 5. The van der Waals surface area contributed by atoms with Crippen molar-refractivity contribution in [1.29, 1.82) is 0 Å². The van der Waals surface area contributed by atoms with Crippen LogP contribution in [0.2, 0.25) is 0 Å². The lowest BCUT2D eigenvalue weighted by Gasteiger charge is -2.18. The highest BCUT2D eigenvalue weighted by molar-refractivity contribution is 7.18. The Labute approximate surface area is 148 Å². The van der Waals surface area contributed by atoms with Crippen molar-refractivity contribution >= 4 is 34.3 Å². The molecule has 0 unspecified atom stereocenters. The predicted octanol–water partition coefficient (Wildman–Crippen LogP) is 1.86.